The van der Waals surface area contributed by atoms with Crippen molar-refractivity contribution in [3.63, 3.8) is 0 Å². The Morgan fingerprint density at radius 3 is 2.03 bits per heavy atom. The van der Waals surface area contributed by atoms with Crippen molar-refractivity contribution in [2.24, 2.45) is 5.41 Å². The molecule has 2 amide bonds. The lowest BCUT2D eigenvalue weighted by atomic mass is 9.89. The second-order valence-electron chi connectivity index (χ2n) is 8.10. The lowest BCUT2D eigenvalue weighted by Gasteiger charge is -2.39. The molecule has 0 atom stereocenters. The van der Waals surface area contributed by atoms with Gasteiger partial charge in [0, 0.05) is 37.6 Å². The van der Waals surface area contributed by atoms with Crippen LogP contribution in [0.15, 0.2) is 42.5 Å². The molecule has 1 saturated heterocycles. The predicted molar refractivity (Wildman–Crippen MR) is 114 cm³/mol. The highest BCUT2D eigenvalue weighted by molar-refractivity contribution is 6.10. The Hall–Kier alpha value is -2.89. The fraction of sp³-hybridized carbons (Fsp3) is 0.391. The molecule has 0 unspecified atom stereocenters. The van der Waals surface area contributed by atoms with Gasteiger partial charge in [-0.2, -0.15) is 0 Å². The van der Waals surface area contributed by atoms with E-state index in [0.29, 0.717) is 26.2 Å². The molecule has 0 radical (unpaired) electrons. The Bertz CT molecular complexity index is 881. The number of benzene rings is 2. The fourth-order valence-corrected chi connectivity index (χ4v) is 3.59. The summed E-state index contributed by atoms with van der Waals surface area (Å²) in [5.74, 6) is -0.750. The minimum Gasteiger partial charge on any atom is -0.368 e. The van der Waals surface area contributed by atoms with Crippen LogP contribution in [0.4, 0.5) is 15.8 Å². The van der Waals surface area contributed by atoms with Crippen LogP contribution in [0.25, 0.3) is 0 Å². The van der Waals surface area contributed by atoms with E-state index in [1.165, 1.54) is 12.1 Å². The van der Waals surface area contributed by atoms with Gasteiger partial charge in [-0.25, -0.2) is 4.39 Å². The number of hydrogen-bond donors (Lipinski definition) is 1. The van der Waals surface area contributed by atoms with Gasteiger partial charge in [-0.3, -0.25) is 9.59 Å². The lowest BCUT2D eigenvalue weighted by Crippen LogP contribution is -2.54. The topological polar surface area (TPSA) is 52.7 Å². The monoisotopic (exact) mass is 397 g/mol. The number of nitrogens with one attached hydrogen (secondary N) is 1. The van der Waals surface area contributed by atoms with Crippen molar-refractivity contribution in [3.8, 4) is 0 Å². The molecule has 0 bridgehead atoms. The zero-order valence-corrected chi connectivity index (χ0v) is 17.5. The molecule has 0 aromatic heterocycles. The number of rotatable bonds is 4. The highest BCUT2D eigenvalue weighted by atomic mass is 19.1. The van der Waals surface area contributed by atoms with Crippen molar-refractivity contribution >= 4 is 23.2 Å². The third-order valence-electron chi connectivity index (χ3n) is 5.58. The molecule has 3 rings (SSSR count). The smallest absolute Gasteiger partial charge is 0.239 e. The molecule has 0 saturated carbocycles. The molecule has 2 aromatic rings. The molecule has 5 nitrogen and oxygen atoms in total. The summed E-state index contributed by atoms with van der Waals surface area (Å²) < 4.78 is 13.1. The maximum atomic E-state index is 13.1. The highest BCUT2D eigenvalue weighted by Gasteiger charge is 2.40. The number of piperazine rings is 1. The lowest BCUT2D eigenvalue weighted by molar-refractivity contribution is -0.146. The first-order valence-electron chi connectivity index (χ1n) is 9.87. The van der Waals surface area contributed by atoms with E-state index in [4.69, 9.17) is 0 Å². The zero-order valence-electron chi connectivity index (χ0n) is 17.5. The molecule has 1 fully saturated rings. The number of carbonyl (C=O) groups excluding carboxylic acids is 2. The normalized spacial score (nSPS) is 14.7. The maximum absolute atomic E-state index is 13.1. The predicted octanol–water partition coefficient (Wildman–Crippen LogP) is 3.76. The Morgan fingerprint density at radius 1 is 0.931 bits per heavy atom. The van der Waals surface area contributed by atoms with Gasteiger partial charge in [0.25, 0.3) is 0 Å². The van der Waals surface area contributed by atoms with Crippen LogP contribution in [0.3, 0.4) is 0 Å². The van der Waals surface area contributed by atoms with Gasteiger partial charge >= 0.3 is 0 Å². The number of hydrogen-bond acceptors (Lipinski definition) is 3. The summed E-state index contributed by atoms with van der Waals surface area (Å²) in [6, 6.07) is 12.2. The molecule has 154 valence electrons. The van der Waals surface area contributed by atoms with E-state index in [9.17, 15) is 14.0 Å². The first kappa shape index (κ1) is 20.8. The Balaban J connectivity index is 1.64. The number of carbonyl (C=O) groups is 2. The molecule has 0 spiro atoms. The van der Waals surface area contributed by atoms with E-state index in [2.05, 4.69) is 10.2 Å². The third-order valence-corrected chi connectivity index (χ3v) is 5.58. The van der Waals surface area contributed by atoms with Crippen LogP contribution in [-0.4, -0.2) is 42.9 Å². The van der Waals surface area contributed by atoms with Crippen molar-refractivity contribution in [2.75, 3.05) is 36.4 Å². The molecule has 1 aliphatic rings. The van der Waals surface area contributed by atoms with Crippen molar-refractivity contribution in [3.05, 3.63) is 59.4 Å². The summed E-state index contributed by atoms with van der Waals surface area (Å²) in [6.45, 7) is 9.55. The van der Waals surface area contributed by atoms with Crippen molar-refractivity contribution in [2.45, 2.75) is 27.7 Å². The molecular weight excluding hydrogens is 369 g/mol. The number of nitrogens with zero attached hydrogens (tertiary/aromatic N) is 2. The van der Waals surface area contributed by atoms with Gasteiger partial charge in [0.1, 0.15) is 11.2 Å². The number of amides is 2. The van der Waals surface area contributed by atoms with Crippen LogP contribution >= 0.6 is 0 Å². The van der Waals surface area contributed by atoms with E-state index >= 15 is 0 Å². The van der Waals surface area contributed by atoms with Gasteiger partial charge in [0.05, 0.1) is 0 Å². The minimum absolute atomic E-state index is 0.181. The van der Waals surface area contributed by atoms with Crippen LogP contribution in [0.5, 0.6) is 0 Å². The first-order valence-corrected chi connectivity index (χ1v) is 9.87. The average Bonchev–Trinajstić information content (AvgIpc) is 2.71. The van der Waals surface area contributed by atoms with Gasteiger partial charge in [0.2, 0.25) is 11.8 Å². The van der Waals surface area contributed by atoms with Crippen LogP contribution in [0.1, 0.15) is 25.0 Å². The zero-order chi connectivity index (χ0) is 21.2. The molecule has 2 aromatic carbocycles. The Labute approximate surface area is 171 Å². The quantitative estimate of drug-likeness (QED) is 0.800. The number of para-hydroxylation sites is 1. The molecule has 29 heavy (non-hydrogen) atoms. The molecule has 1 aliphatic heterocycles. The largest absolute Gasteiger partial charge is 0.368 e. The van der Waals surface area contributed by atoms with E-state index in [1.807, 2.05) is 32.0 Å². The van der Waals surface area contributed by atoms with E-state index < -0.39 is 5.41 Å². The molecular formula is C23H28FN3O2. The van der Waals surface area contributed by atoms with Gasteiger partial charge in [0.15, 0.2) is 0 Å². The Morgan fingerprint density at radius 2 is 1.48 bits per heavy atom. The van der Waals surface area contributed by atoms with Crippen LogP contribution in [-0.2, 0) is 9.59 Å². The summed E-state index contributed by atoms with van der Waals surface area (Å²) in [5, 5.41) is 2.95. The van der Waals surface area contributed by atoms with Crippen molar-refractivity contribution < 1.29 is 14.0 Å². The number of halogens is 1. The summed E-state index contributed by atoms with van der Waals surface area (Å²) in [6.07, 6.45) is 0. The van der Waals surface area contributed by atoms with Crippen molar-refractivity contribution in [1.29, 1.82) is 0 Å². The summed E-state index contributed by atoms with van der Waals surface area (Å²) >= 11 is 0. The molecule has 1 N–H and O–H groups in total. The van der Waals surface area contributed by atoms with Gasteiger partial charge < -0.3 is 15.1 Å². The third kappa shape index (κ3) is 4.42. The van der Waals surface area contributed by atoms with Gasteiger partial charge in [-0.1, -0.05) is 18.2 Å². The second kappa shape index (κ2) is 8.23. The summed E-state index contributed by atoms with van der Waals surface area (Å²) in [7, 11) is 0. The van der Waals surface area contributed by atoms with Crippen molar-refractivity contribution in [1.82, 2.24) is 4.90 Å². The number of anilines is 2. The Kier molecular flexibility index (Phi) is 5.91. The van der Waals surface area contributed by atoms with E-state index in [0.717, 1.165) is 22.5 Å². The fourth-order valence-electron chi connectivity index (χ4n) is 3.59. The SMILES string of the molecule is Cc1cccc(C)c1NC(=O)C(C)(C)C(=O)N1CCN(c2ccc(F)cc2)CC1. The average molecular weight is 397 g/mol. The van der Waals surface area contributed by atoms with Crippen LogP contribution in [0.2, 0.25) is 0 Å². The maximum Gasteiger partial charge on any atom is 0.239 e. The van der Waals surface area contributed by atoms with E-state index in [1.54, 1.807) is 30.9 Å². The highest BCUT2D eigenvalue weighted by Crippen LogP contribution is 2.26. The van der Waals surface area contributed by atoms with E-state index in [-0.39, 0.29) is 17.6 Å². The second-order valence-corrected chi connectivity index (χ2v) is 8.10. The van der Waals surface area contributed by atoms with Crippen LogP contribution < -0.4 is 10.2 Å². The van der Waals surface area contributed by atoms with Gasteiger partial charge in [-0.15, -0.1) is 0 Å². The summed E-state index contributed by atoms with van der Waals surface area (Å²) in [5.41, 5.74) is 2.46. The molecule has 6 heteroatoms. The first-order chi connectivity index (χ1) is 13.7. The van der Waals surface area contributed by atoms with Gasteiger partial charge in [-0.05, 0) is 63.1 Å². The molecule has 1 heterocycles. The number of aryl methyl sites for hydroxylation is 2. The molecule has 0 aliphatic carbocycles. The van der Waals surface area contributed by atoms with Crippen LogP contribution in [0, 0.1) is 25.1 Å². The minimum atomic E-state index is -1.17. The summed E-state index contributed by atoms with van der Waals surface area (Å²) in [4.78, 5) is 29.9. The standard InChI is InChI=1S/C23H28FN3O2/c1-16-6-5-7-17(2)20(16)25-21(28)23(3,4)22(29)27-14-12-26(13-15-27)19-10-8-18(24)9-11-19/h5-11H,12-15H2,1-4H3,(H,25,28).